The van der Waals surface area contributed by atoms with Crippen LogP contribution in [0, 0.1) is 5.92 Å². The van der Waals surface area contributed by atoms with Crippen LogP contribution in [-0.4, -0.2) is 28.8 Å². The van der Waals surface area contributed by atoms with E-state index in [0.29, 0.717) is 13.1 Å². The second kappa shape index (κ2) is 6.95. The van der Waals surface area contributed by atoms with E-state index >= 15 is 0 Å². The van der Waals surface area contributed by atoms with E-state index in [0.717, 1.165) is 30.0 Å². The summed E-state index contributed by atoms with van der Waals surface area (Å²) in [4.78, 5) is 27.3. The van der Waals surface area contributed by atoms with E-state index in [9.17, 15) is 9.59 Å². The Morgan fingerprint density at radius 1 is 1.52 bits per heavy atom. The Hall–Kier alpha value is -2.15. The molecule has 1 atom stereocenters. The molecule has 1 aliphatic rings. The highest BCUT2D eigenvalue weighted by Crippen LogP contribution is 2.22. The van der Waals surface area contributed by atoms with Gasteiger partial charge in [-0.15, -0.1) is 11.3 Å². The summed E-state index contributed by atoms with van der Waals surface area (Å²) in [5.74, 6) is 0.0349. The molecule has 0 saturated carbocycles. The van der Waals surface area contributed by atoms with E-state index in [-0.39, 0.29) is 17.4 Å². The number of nitrogens with zero attached hydrogens (tertiary/aromatic N) is 3. The lowest BCUT2D eigenvalue weighted by Gasteiger charge is -2.33. The molecule has 6 nitrogen and oxygen atoms in total. The number of anilines is 1. The molecular weight excluding hydrogens is 312 g/mol. The lowest BCUT2D eigenvalue weighted by atomic mass is 9.97. The predicted molar refractivity (Wildman–Crippen MR) is 90.6 cm³/mol. The monoisotopic (exact) mass is 332 g/mol. The summed E-state index contributed by atoms with van der Waals surface area (Å²) in [6.07, 6.45) is 3.50. The fraction of sp³-hybridized carbons (Fsp3) is 0.438. The van der Waals surface area contributed by atoms with Crippen molar-refractivity contribution in [2.45, 2.75) is 19.4 Å². The molecule has 1 aliphatic heterocycles. The molecule has 122 valence electrons. The molecule has 2 aromatic rings. The van der Waals surface area contributed by atoms with Crippen LogP contribution in [0.4, 0.5) is 5.69 Å². The molecule has 0 aliphatic carbocycles. The molecule has 1 amide bonds. The Balaban J connectivity index is 1.62. The van der Waals surface area contributed by atoms with Crippen molar-refractivity contribution in [3.05, 3.63) is 45.0 Å². The van der Waals surface area contributed by atoms with Crippen LogP contribution in [-0.2, 0) is 18.4 Å². The average molecular weight is 332 g/mol. The highest BCUT2D eigenvalue weighted by atomic mass is 32.1. The molecule has 7 heteroatoms. The fourth-order valence-corrected chi connectivity index (χ4v) is 3.43. The van der Waals surface area contributed by atoms with E-state index in [1.807, 2.05) is 17.5 Å². The maximum absolute atomic E-state index is 12.4. The van der Waals surface area contributed by atoms with Gasteiger partial charge in [0.05, 0.1) is 24.3 Å². The van der Waals surface area contributed by atoms with E-state index < -0.39 is 0 Å². The zero-order valence-corrected chi connectivity index (χ0v) is 13.9. The normalized spacial score (nSPS) is 18.0. The van der Waals surface area contributed by atoms with Gasteiger partial charge in [-0.25, -0.2) is 4.68 Å². The van der Waals surface area contributed by atoms with Crippen molar-refractivity contribution < 1.29 is 4.79 Å². The lowest BCUT2D eigenvalue weighted by molar-refractivity contribution is -0.125. The van der Waals surface area contributed by atoms with Crippen LogP contribution >= 0.6 is 11.3 Å². The Labute approximate surface area is 138 Å². The van der Waals surface area contributed by atoms with E-state index in [4.69, 9.17) is 0 Å². The van der Waals surface area contributed by atoms with Crippen molar-refractivity contribution in [3.63, 3.8) is 0 Å². The Bertz CT molecular complexity index is 726. The first-order valence-corrected chi connectivity index (χ1v) is 8.60. The Kier molecular flexibility index (Phi) is 4.76. The number of aryl methyl sites for hydroxylation is 1. The van der Waals surface area contributed by atoms with Crippen molar-refractivity contribution in [3.8, 4) is 0 Å². The molecule has 0 bridgehead atoms. The zero-order chi connectivity index (χ0) is 16.2. The number of rotatable bonds is 4. The molecule has 23 heavy (non-hydrogen) atoms. The number of aromatic nitrogens is 2. The zero-order valence-electron chi connectivity index (χ0n) is 13.1. The maximum Gasteiger partial charge on any atom is 0.268 e. The number of carbonyl (C=O) groups is 1. The summed E-state index contributed by atoms with van der Waals surface area (Å²) in [5.41, 5.74) is 0.663. The largest absolute Gasteiger partial charge is 0.369 e. The van der Waals surface area contributed by atoms with Gasteiger partial charge in [-0.3, -0.25) is 9.59 Å². The van der Waals surface area contributed by atoms with Gasteiger partial charge in [-0.2, -0.15) is 5.10 Å². The number of hydrogen-bond acceptors (Lipinski definition) is 5. The van der Waals surface area contributed by atoms with Crippen molar-refractivity contribution in [2.24, 2.45) is 13.0 Å². The van der Waals surface area contributed by atoms with E-state index in [1.54, 1.807) is 30.6 Å². The third-order valence-electron chi connectivity index (χ3n) is 4.13. The van der Waals surface area contributed by atoms with Gasteiger partial charge in [0.1, 0.15) is 0 Å². The molecule has 1 fully saturated rings. The van der Waals surface area contributed by atoms with Crippen LogP contribution < -0.4 is 15.8 Å². The van der Waals surface area contributed by atoms with Crippen LogP contribution in [0.15, 0.2) is 34.6 Å². The summed E-state index contributed by atoms with van der Waals surface area (Å²) in [6, 6.07) is 5.58. The first-order valence-electron chi connectivity index (χ1n) is 7.72. The van der Waals surface area contributed by atoms with E-state index in [2.05, 4.69) is 15.3 Å². The number of carbonyl (C=O) groups excluding carboxylic acids is 1. The van der Waals surface area contributed by atoms with Gasteiger partial charge in [0.2, 0.25) is 5.91 Å². The van der Waals surface area contributed by atoms with Gasteiger partial charge in [-0.1, -0.05) is 6.07 Å². The second-order valence-electron chi connectivity index (χ2n) is 5.76. The molecule has 0 spiro atoms. The lowest BCUT2D eigenvalue weighted by Crippen LogP contribution is -2.43. The summed E-state index contributed by atoms with van der Waals surface area (Å²) in [7, 11) is 1.63. The minimum Gasteiger partial charge on any atom is -0.369 e. The standard InChI is InChI=1S/C16H20N4O2S/c1-19-15(21)8-13(9-18-19)20-6-2-4-12(11-20)16(22)17-10-14-5-3-7-23-14/h3,5,7-9,12H,2,4,6,10-11H2,1H3,(H,17,22)/t12-/m1/s1. The highest BCUT2D eigenvalue weighted by Gasteiger charge is 2.26. The van der Waals surface area contributed by atoms with Crippen molar-refractivity contribution in [1.29, 1.82) is 0 Å². The molecule has 1 N–H and O–H groups in total. The third kappa shape index (κ3) is 3.79. The van der Waals surface area contributed by atoms with Gasteiger partial charge in [0, 0.05) is 31.1 Å². The average Bonchev–Trinajstić information content (AvgIpc) is 3.09. The molecule has 0 aromatic carbocycles. The van der Waals surface area contributed by atoms with Crippen LogP contribution in [0.2, 0.25) is 0 Å². The molecule has 1 saturated heterocycles. The van der Waals surface area contributed by atoms with Crippen LogP contribution in [0.25, 0.3) is 0 Å². The summed E-state index contributed by atoms with van der Waals surface area (Å²) < 4.78 is 1.30. The summed E-state index contributed by atoms with van der Waals surface area (Å²) in [5, 5.41) is 9.07. The number of thiophene rings is 1. The number of hydrogen-bond donors (Lipinski definition) is 1. The first-order chi connectivity index (χ1) is 11.1. The molecule has 3 rings (SSSR count). The Morgan fingerprint density at radius 2 is 2.39 bits per heavy atom. The minimum atomic E-state index is -0.133. The van der Waals surface area contributed by atoms with Gasteiger partial charge in [0.15, 0.2) is 0 Å². The van der Waals surface area contributed by atoms with E-state index in [1.165, 1.54) is 4.68 Å². The molecular formula is C16H20N4O2S. The topological polar surface area (TPSA) is 67.2 Å². The maximum atomic E-state index is 12.4. The predicted octanol–water partition coefficient (Wildman–Crippen LogP) is 1.37. The summed E-state index contributed by atoms with van der Waals surface area (Å²) >= 11 is 1.64. The highest BCUT2D eigenvalue weighted by molar-refractivity contribution is 7.09. The molecule has 0 unspecified atom stereocenters. The quantitative estimate of drug-likeness (QED) is 0.918. The minimum absolute atomic E-state index is 0.0484. The number of nitrogens with one attached hydrogen (secondary N) is 1. The second-order valence-corrected chi connectivity index (χ2v) is 6.79. The van der Waals surface area contributed by atoms with Gasteiger partial charge in [0.25, 0.3) is 5.56 Å². The van der Waals surface area contributed by atoms with Gasteiger partial charge >= 0.3 is 0 Å². The first kappa shape index (κ1) is 15.7. The van der Waals surface area contributed by atoms with Crippen LogP contribution in [0.1, 0.15) is 17.7 Å². The third-order valence-corrected chi connectivity index (χ3v) is 5.00. The molecule has 2 aromatic heterocycles. The van der Waals surface area contributed by atoms with Crippen molar-refractivity contribution in [1.82, 2.24) is 15.1 Å². The number of piperidine rings is 1. The van der Waals surface area contributed by atoms with Crippen LogP contribution in [0.3, 0.4) is 0 Å². The van der Waals surface area contributed by atoms with Gasteiger partial charge < -0.3 is 10.2 Å². The molecule has 0 radical (unpaired) electrons. The summed E-state index contributed by atoms with van der Waals surface area (Å²) in [6.45, 7) is 2.06. The van der Waals surface area contributed by atoms with Crippen molar-refractivity contribution in [2.75, 3.05) is 18.0 Å². The smallest absolute Gasteiger partial charge is 0.268 e. The fourth-order valence-electron chi connectivity index (χ4n) is 2.79. The van der Waals surface area contributed by atoms with Gasteiger partial charge in [-0.05, 0) is 24.3 Å². The Morgan fingerprint density at radius 3 is 3.13 bits per heavy atom. The van der Waals surface area contributed by atoms with Crippen LogP contribution in [0.5, 0.6) is 0 Å². The SMILES string of the molecule is Cn1ncc(N2CCC[C@@H](C(=O)NCc3cccs3)C2)cc1=O. The van der Waals surface area contributed by atoms with Crippen molar-refractivity contribution >= 4 is 22.9 Å². The number of amides is 1. The molecule has 3 heterocycles.